The van der Waals surface area contributed by atoms with Crippen LogP contribution in [0.5, 0.6) is 0 Å². The molecule has 0 radical (unpaired) electrons. The number of anilines is 2. The van der Waals surface area contributed by atoms with Gasteiger partial charge < -0.3 is 19.9 Å². The van der Waals surface area contributed by atoms with Gasteiger partial charge in [-0.3, -0.25) is 9.20 Å². The van der Waals surface area contributed by atoms with Crippen LogP contribution in [-0.2, 0) is 11.2 Å². The SMILES string of the molecule is CCc1cc(Nc2nccn3c(I)cnc23)ccc1C(=O)N1CCN(C(=O)OC(C)(C)C)CC1. The summed E-state index contributed by atoms with van der Waals surface area (Å²) in [6.07, 6.45) is 5.78. The lowest BCUT2D eigenvalue weighted by Gasteiger charge is -2.35. The summed E-state index contributed by atoms with van der Waals surface area (Å²) in [4.78, 5) is 37.9. The standard InChI is InChI=1S/C24H29IN6O3/c1-5-16-14-17(28-20-21-27-15-19(25)31(21)9-8-26-20)6-7-18(16)22(32)29-10-12-30(13-11-29)23(33)34-24(2,3)4/h6-9,14-15H,5,10-13H2,1-4H3,(H,26,28). The third-order valence-electron chi connectivity index (χ3n) is 5.58. The maximum Gasteiger partial charge on any atom is 0.410 e. The summed E-state index contributed by atoms with van der Waals surface area (Å²) < 4.78 is 8.41. The zero-order chi connectivity index (χ0) is 24.5. The number of carbonyl (C=O) groups excluding carboxylic acids is 2. The molecule has 1 saturated heterocycles. The zero-order valence-electron chi connectivity index (χ0n) is 19.8. The minimum Gasteiger partial charge on any atom is -0.444 e. The Bertz CT molecular complexity index is 1210. The lowest BCUT2D eigenvalue weighted by molar-refractivity contribution is 0.0140. The van der Waals surface area contributed by atoms with Crippen molar-refractivity contribution in [3.8, 4) is 0 Å². The van der Waals surface area contributed by atoms with Gasteiger partial charge in [-0.25, -0.2) is 14.8 Å². The number of ether oxygens (including phenoxy) is 1. The molecule has 0 bridgehead atoms. The second-order valence-electron chi connectivity index (χ2n) is 9.16. The molecule has 0 aliphatic carbocycles. The summed E-state index contributed by atoms with van der Waals surface area (Å²) in [5.74, 6) is 0.639. The largest absolute Gasteiger partial charge is 0.444 e. The highest BCUT2D eigenvalue weighted by Gasteiger charge is 2.28. The van der Waals surface area contributed by atoms with Gasteiger partial charge in [-0.1, -0.05) is 6.92 Å². The Hall–Kier alpha value is -2.89. The van der Waals surface area contributed by atoms with Gasteiger partial charge in [0.15, 0.2) is 11.5 Å². The molecule has 0 saturated carbocycles. The second kappa shape index (κ2) is 9.77. The van der Waals surface area contributed by atoms with Crippen molar-refractivity contribution in [3.05, 3.63) is 51.6 Å². The second-order valence-corrected chi connectivity index (χ2v) is 10.3. The first-order valence-corrected chi connectivity index (χ1v) is 12.4. The highest BCUT2D eigenvalue weighted by molar-refractivity contribution is 14.1. The minimum absolute atomic E-state index is 0.0183. The molecule has 2 amide bonds. The summed E-state index contributed by atoms with van der Waals surface area (Å²) in [5, 5.41) is 3.34. The van der Waals surface area contributed by atoms with Crippen molar-refractivity contribution in [2.75, 3.05) is 31.5 Å². The fraction of sp³-hybridized carbons (Fsp3) is 0.417. The Kier molecular flexibility index (Phi) is 6.96. The predicted octanol–water partition coefficient (Wildman–Crippen LogP) is 4.33. The zero-order valence-corrected chi connectivity index (χ0v) is 22.0. The monoisotopic (exact) mass is 576 g/mol. The molecule has 3 heterocycles. The summed E-state index contributed by atoms with van der Waals surface area (Å²) in [6.45, 7) is 9.45. The van der Waals surface area contributed by atoms with E-state index in [-0.39, 0.29) is 12.0 Å². The van der Waals surface area contributed by atoms with Crippen LogP contribution in [0.2, 0.25) is 0 Å². The van der Waals surface area contributed by atoms with Crippen molar-refractivity contribution in [1.82, 2.24) is 24.2 Å². The fourth-order valence-electron chi connectivity index (χ4n) is 3.88. The van der Waals surface area contributed by atoms with Crippen LogP contribution in [0.4, 0.5) is 16.3 Å². The average Bonchev–Trinajstić information content (AvgIpc) is 3.19. The van der Waals surface area contributed by atoms with Gasteiger partial charge >= 0.3 is 6.09 Å². The van der Waals surface area contributed by atoms with E-state index < -0.39 is 5.60 Å². The third-order valence-corrected chi connectivity index (χ3v) is 6.38. The van der Waals surface area contributed by atoms with E-state index >= 15 is 0 Å². The van der Waals surface area contributed by atoms with Crippen LogP contribution in [0.3, 0.4) is 0 Å². The Labute approximate surface area is 212 Å². The Morgan fingerprint density at radius 3 is 2.50 bits per heavy atom. The molecule has 0 unspecified atom stereocenters. The maximum absolute atomic E-state index is 13.3. The van der Waals surface area contributed by atoms with Gasteiger partial charge in [0.05, 0.1) is 6.20 Å². The lowest BCUT2D eigenvalue weighted by Crippen LogP contribution is -2.51. The number of hydrogen-bond acceptors (Lipinski definition) is 6. The summed E-state index contributed by atoms with van der Waals surface area (Å²) in [6, 6.07) is 5.74. The molecule has 1 aliphatic rings. The highest BCUT2D eigenvalue weighted by Crippen LogP contribution is 2.24. The van der Waals surface area contributed by atoms with E-state index in [0.29, 0.717) is 44.0 Å². The molecule has 10 heteroatoms. The molecule has 1 aliphatic heterocycles. The number of imidazole rings is 1. The molecule has 4 rings (SSSR count). The van der Waals surface area contributed by atoms with Gasteiger partial charge in [-0.2, -0.15) is 0 Å². The van der Waals surface area contributed by atoms with Gasteiger partial charge in [0, 0.05) is 49.8 Å². The molecule has 34 heavy (non-hydrogen) atoms. The number of fused-ring (bicyclic) bond motifs is 1. The number of aromatic nitrogens is 3. The van der Waals surface area contributed by atoms with Crippen molar-refractivity contribution < 1.29 is 14.3 Å². The van der Waals surface area contributed by atoms with Crippen molar-refractivity contribution in [3.63, 3.8) is 0 Å². The summed E-state index contributed by atoms with van der Waals surface area (Å²) >= 11 is 2.23. The number of carbonyl (C=O) groups is 2. The van der Waals surface area contributed by atoms with Gasteiger partial charge in [-0.15, -0.1) is 0 Å². The molecule has 3 aromatic rings. The van der Waals surface area contributed by atoms with Gasteiger partial charge in [0.2, 0.25) is 0 Å². The van der Waals surface area contributed by atoms with E-state index in [2.05, 4.69) is 37.9 Å². The Morgan fingerprint density at radius 2 is 1.82 bits per heavy atom. The smallest absolute Gasteiger partial charge is 0.410 e. The molecule has 0 spiro atoms. The van der Waals surface area contributed by atoms with Crippen molar-refractivity contribution in [1.29, 1.82) is 0 Å². The number of halogens is 1. The van der Waals surface area contributed by atoms with Gasteiger partial charge in [0.25, 0.3) is 5.91 Å². The van der Waals surface area contributed by atoms with Crippen LogP contribution in [0.25, 0.3) is 5.65 Å². The van der Waals surface area contributed by atoms with Crippen LogP contribution >= 0.6 is 22.6 Å². The number of nitrogens with one attached hydrogen (secondary N) is 1. The molecule has 9 nitrogen and oxygen atoms in total. The lowest BCUT2D eigenvalue weighted by atomic mass is 10.0. The predicted molar refractivity (Wildman–Crippen MR) is 139 cm³/mol. The van der Waals surface area contributed by atoms with E-state index in [9.17, 15) is 9.59 Å². The topological polar surface area (TPSA) is 92.1 Å². The molecular formula is C24H29IN6O3. The summed E-state index contributed by atoms with van der Waals surface area (Å²) in [5.41, 5.74) is 2.69. The number of piperazine rings is 1. The highest BCUT2D eigenvalue weighted by atomic mass is 127. The average molecular weight is 576 g/mol. The first kappa shape index (κ1) is 24.2. The normalized spacial score (nSPS) is 14.4. The van der Waals surface area contributed by atoms with Crippen LogP contribution in [0, 0.1) is 3.70 Å². The summed E-state index contributed by atoms with van der Waals surface area (Å²) in [7, 11) is 0. The molecule has 1 N–H and O–H groups in total. The van der Waals surface area contributed by atoms with E-state index in [4.69, 9.17) is 4.74 Å². The first-order chi connectivity index (χ1) is 16.2. The number of benzene rings is 1. The van der Waals surface area contributed by atoms with Crippen LogP contribution in [0.15, 0.2) is 36.8 Å². The van der Waals surface area contributed by atoms with Gasteiger partial charge in [0.1, 0.15) is 9.30 Å². The number of aryl methyl sites for hydroxylation is 1. The van der Waals surface area contributed by atoms with E-state index in [1.807, 2.05) is 56.5 Å². The number of rotatable bonds is 4. The van der Waals surface area contributed by atoms with Crippen molar-refractivity contribution >= 4 is 51.7 Å². The van der Waals surface area contributed by atoms with Crippen LogP contribution < -0.4 is 5.32 Å². The Morgan fingerprint density at radius 1 is 1.12 bits per heavy atom. The maximum atomic E-state index is 13.3. The first-order valence-electron chi connectivity index (χ1n) is 11.3. The van der Waals surface area contributed by atoms with E-state index in [0.717, 1.165) is 20.6 Å². The van der Waals surface area contributed by atoms with Crippen molar-refractivity contribution in [2.45, 2.75) is 39.7 Å². The molecule has 180 valence electrons. The molecule has 1 fully saturated rings. The molecule has 2 aromatic heterocycles. The van der Waals surface area contributed by atoms with Crippen molar-refractivity contribution in [2.24, 2.45) is 0 Å². The minimum atomic E-state index is -0.535. The third kappa shape index (κ3) is 5.26. The molecular weight excluding hydrogens is 547 g/mol. The number of hydrogen-bond donors (Lipinski definition) is 1. The Balaban J connectivity index is 1.45. The van der Waals surface area contributed by atoms with E-state index in [1.54, 1.807) is 22.2 Å². The van der Waals surface area contributed by atoms with Gasteiger partial charge in [-0.05, 0) is 73.5 Å². The number of amides is 2. The fourth-order valence-corrected chi connectivity index (χ4v) is 4.40. The molecule has 0 atom stereocenters. The van der Waals surface area contributed by atoms with E-state index in [1.165, 1.54) is 0 Å². The van der Waals surface area contributed by atoms with Crippen LogP contribution in [-0.4, -0.2) is 67.9 Å². The quantitative estimate of drug-likeness (QED) is 0.465. The number of nitrogens with zero attached hydrogens (tertiary/aromatic N) is 5. The van der Waals surface area contributed by atoms with Crippen LogP contribution in [0.1, 0.15) is 43.6 Å². The molecule has 1 aromatic carbocycles.